The van der Waals surface area contributed by atoms with Gasteiger partial charge >= 0.3 is 0 Å². The van der Waals surface area contributed by atoms with E-state index in [-0.39, 0.29) is 5.78 Å². The predicted octanol–water partition coefficient (Wildman–Crippen LogP) is 2.00. The highest BCUT2D eigenvalue weighted by atomic mass is 16.1. The molecule has 0 heterocycles. The van der Waals surface area contributed by atoms with E-state index in [4.69, 9.17) is 5.73 Å². The average Bonchev–Trinajstić information content (AvgIpc) is 1.87. The van der Waals surface area contributed by atoms with Crippen molar-refractivity contribution in [3.63, 3.8) is 0 Å². The summed E-state index contributed by atoms with van der Waals surface area (Å²) >= 11 is 0. The maximum atomic E-state index is 11.0. The Balaban J connectivity index is 3.76. The summed E-state index contributed by atoms with van der Waals surface area (Å²) < 4.78 is 0. The van der Waals surface area contributed by atoms with Crippen LogP contribution in [-0.2, 0) is 4.79 Å². The second-order valence-corrected chi connectivity index (χ2v) is 2.69. The standard InChI is InChI=1S/C9H17NO/c1-3-5-8(10)7-9(11)6-4-2/h7H,3-6,10H2,1-2H3. The van der Waals surface area contributed by atoms with Crippen LogP contribution in [-0.4, -0.2) is 5.78 Å². The molecule has 2 N–H and O–H groups in total. The molecule has 0 aliphatic heterocycles. The van der Waals surface area contributed by atoms with E-state index in [9.17, 15) is 4.79 Å². The fraction of sp³-hybridized carbons (Fsp3) is 0.667. The molecule has 2 nitrogen and oxygen atoms in total. The Morgan fingerprint density at radius 2 is 1.82 bits per heavy atom. The monoisotopic (exact) mass is 155 g/mol. The molecule has 0 spiro atoms. The van der Waals surface area contributed by atoms with E-state index in [2.05, 4.69) is 0 Å². The molecule has 0 rings (SSSR count). The first-order chi connectivity index (χ1) is 5.20. The predicted molar refractivity (Wildman–Crippen MR) is 47.1 cm³/mol. The maximum absolute atomic E-state index is 11.0. The molecular formula is C9H17NO. The van der Waals surface area contributed by atoms with Crippen molar-refractivity contribution < 1.29 is 4.79 Å². The number of rotatable bonds is 5. The molecule has 11 heavy (non-hydrogen) atoms. The Bertz CT molecular complexity index is 150. The van der Waals surface area contributed by atoms with Gasteiger partial charge in [0, 0.05) is 12.1 Å². The van der Waals surface area contributed by atoms with Crippen molar-refractivity contribution in [2.75, 3.05) is 0 Å². The van der Waals surface area contributed by atoms with Gasteiger partial charge in [-0.1, -0.05) is 20.3 Å². The molecule has 0 atom stereocenters. The van der Waals surface area contributed by atoms with Gasteiger partial charge in [-0.15, -0.1) is 0 Å². The van der Waals surface area contributed by atoms with Gasteiger partial charge in [0.15, 0.2) is 5.78 Å². The van der Waals surface area contributed by atoms with Gasteiger partial charge in [0.25, 0.3) is 0 Å². The van der Waals surface area contributed by atoms with Crippen LogP contribution in [0.4, 0.5) is 0 Å². The van der Waals surface area contributed by atoms with Crippen LogP contribution in [0.1, 0.15) is 39.5 Å². The second-order valence-electron chi connectivity index (χ2n) is 2.69. The normalized spacial score (nSPS) is 11.6. The lowest BCUT2D eigenvalue weighted by atomic mass is 10.2. The lowest BCUT2D eigenvalue weighted by molar-refractivity contribution is -0.114. The van der Waals surface area contributed by atoms with Gasteiger partial charge in [-0.25, -0.2) is 0 Å². The molecule has 0 bridgehead atoms. The minimum absolute atomic E-state index is 0.151. The van der Waals surface area contributed by atoms with Crippen LogP contribution in [0, 0.1) is 0 Å². The van der Waals surface area contributed by atoms with Crippen LogP contribution in [0.2, 0.25) is 0 Å². The van der Waals surface area contributed by atoms with Crippen LogP contribution < -0.4 is 5.73 Å². The fourth-order valence-electron chi connectivity index (χ4n) is 0.886. The lowest BCUT2D eigenvalue weighted by Crippen LogP contribution is -2.01. The number of ketones is 1. The molecule has 2 heteroatoms. The van der Waals surface area contributed by atoms with Crippen molar-refractivity contribution in [2.24, 2.45) is 5.73 Å². The van der Waals surface area contributed by atoms with Crippen molar-refractivity contribution in [3.05, 3.63) is 11.8 Å². The van der Waals surface area contributed by atoms with Gasteiger partial charge in [0.1, 0.15) is 0 Å². The maximum Gasteiger partial charge on any atom is 0.157 e. The van der Waals surface area contributed by atoms with Gasteiger partial charge in [0.2, 0.25) is 0 Å². The Labute approximate surface area is 68.5 Å². The SMILES string of the molecule is CCCC(=O)C=C(N)CCC. The van der Waals surface area contributed by atoms with E-state index in [0.717, 1.165) is 19.3 Å². The number of carbonyl (C=O) groups is 1. The van der Waals surface area contributed by atoms with E-state index < -0.39 is 0 Å². The summed E-state index contributed by atoms with van der Waals surface area (Å²) in [6, 6.07) is 0. The first-order valence-electron chi connectivity index (χ1n) is 4.19. The minimum atomic E-state index is 0.151. The summed E-state index contributed by atoms with van der Waals surface area (Å²) in [5, 5.41) is 0. The third kappa shape index (κ3) is 5.64. The molecule has 0 radical (unpaired) electrons. The Morgan fingerprint density at radius 3 is 2.27 bits per heavy atom. The Morgan fingerprint density at radius 1 is 1.27 bits per heavy atom. The molecule has 0 aromatic carbocycles. The largest absolute Gasteiger partial charge is 0.402 e. The van der Waals surface area contributed by atoms with Crippen LogP contribution in [0.15, 0.2) is 11.8 Å². The minimum Gasteiger partial charge on any atom is -0.402 e. The fourth-order valence-corrected chi connectivity index (χ4v) is 0.886. The first-order valence-corrected chi connectivity index (χ1v) is 4.19. The third-order valence-electron chi connectivity index (χ3n) is 1.38. The second kappa shape index (κ2) is 5.96. The molecular weight excluding hydrogens is 138 g/mol. The zero-order valence-electron chi connectivity index (χ0n) is 7.39. The van der Waals surface area contributed by atoms with Gasteiger partial charge in [-0.05, 0) is 18.9 Å². The van der Waals surface area contributed by atoms with Gasteiger partial charge in [-0.3, -0.25) is 4.79 Å². The average molecular weight is 155 g/mol. The van der Waals surface area contributed by atoms with Crippen LogP contribution >= 0.6 is 0 Å². The molecule has 0 fully saturated rings. The zero-order valence-corrected chi connectivity index (χ0v) is 7.39. The van der Waals surface area contributed by atoms with Gasteiger partial charge in [0.05, 0.1) is 0 Å². The summed E-state index contributed by atoms with van der Waals surface area (Å²) in [7, 11) is 0. The van der Waals surface area contributed by atoms with Crippen LogP contribution in [0.3, 0.4) is 0 Å². The third-order valence-corrected chi connectivity index (χ3v) is 1.38. The summed E-state index contributed by atoms with van der Waals surface area (Å²) in [6.07, 6.45) is 4.91. The molecule has 0 aliphatic carbocycles. The van der Waals surface area contributed by atoms with Crippen molar-refractivity contribution in [1.29, 1.82) is 0 Å². The first kappa shape index (κ1) is 10.2. The van der Waals surface area contributed by atoms with E-state index >= 15 is 0 Å². The molecule has 0 aromatic heterocycles. The van der Waals surface area contributed by atoms with Crippen molar-refractivity contribution >= 4 is 5.78 Å². The molecule has 0 aromatic rings. The lowest BCUT2D eigenvalue weighted by Gasteiger charge is -1.96. The highest BCUT2D eigenvalue weighted by Crippen LogP contribution is 1.99. The van der Waals surface area contributed by atoms with Crippen molar-refractivity contribution in [1.82, 2.24) is 0 Å². The van der Waals surface area contributed by atoms with Gasteiger partial charge < -0.3 is 5.73 Å². The van der Waals surface area contributed by atoms with E-state index in [1.807, 2.05) is 13.8 Å². The molecule has 0 unspecified atom stereocenters. The number of nitrogens with two attached hydrogens (primary N) is 1. The summed E-state index contributed by atoms with van der Waals surface area (Å²) in [6.45, 7) is 4.03. The molecule has 0 aliphatic rings. The summed E-state index contributed by atoms with van der Waals surface area (Å²) in [5.41, 5.74) is 6.27. The van der Waals surface area contributed by atoms with E-state index in [1.54, 1.807) is 6.08 Å². The number of carbonyl (C=O) groups excluding carboxylic acids is 1. The number of hydrogen-bond acceptors (Lipinski definition) is 2. The smallest absolute Gasteiger partial charge is 0.157 e. The zero-order chi connectivity index (χ0) is 8.69. The molecule has 64 valence electrons. The topological polar surface area (TPSA) is 43.1 Å². The number of hydrogen-bond donors (Lipinski definition) is 1. The van der Waals surface area contributed by atoms with Crippen LogP contribution in [0.5, 0.6) is 0 Å². The number of allylic oxidation sites excluding steroid dienone is 2. The summed E-state index contributed by atoms with van der Waals surface area (Å²) in [5.74, 6) is 0.151. The van der Waals surface area contributed by atoms with E-state index in [0.29, 0.717) is 12.1 Å². The highest BCUT2D eigenvalue weighted by molar-refractivity contribution is 5.90. The Kier molecular flexibility index (Phi) is 5.53. The Hall–Kier alpha value is -0.790. The highest BCUT2D eigenvalue weighted by Gasteiger charge is 1.96. The summed E-state index contributed by atoms with van der Waals surface area (Å²) in [4.78, 5) is 11.0. The van der Waals surface area contributed by atoms with Crippen LogP contribution in [0.25, 0.3) is 0 Å². The van der Waals surface area contributed by atoms with E-state index in [1.165, 1.54) is 0 Å². The van der Waals surface area contributed by atoms with Crippen molar-refractivity contribution in [3.8, 4) is 0 Å². The van der Waals surface area contributed by atoms with Crippen molar-refractivity contribution in [2.45, 2.75) is 39.5 Å². The van der Waals surface area contributed by atoms with Gasteiger partial charge in [-0.2, -0.15) is 0 Å². The quantitative estimate of drug-likeness (QED) is 0.617. The molecule has 0 amide bonds. The molecule has 0 saturated carbocycles. The molecule has 0 saturated heterocycles.